The summed E-state index contributed by atoms with van der Waals surface area (Å²) < 4.78 is 0. The van der Waals surface area contributed by atoms with Crippen molar-refractivity contribution in [2.45, 2.75) is 34.6 Å². The second kappa shape index (κ2) is 2.08. The molecule has 0 aromatic heterocycles. The molecule has 0 aromatic rings. The first-order chi connectivity index (χ1) is 5.86. The summed E-state index contributed by atoms with van der Waals surface area (Å²) in [6.07, 6.45) is 1.86. The maximum atomic E-state index is 11.9. The number of hydrogen-bond donors (Lipinski definition) is 0. The maximum absolute atomic E-state index is 11.9. The predicted molar refractivity (Wildman–Crippen MR) is 53.3 cm³/mol. The van der Waals surface area contributed by atoms with Crippen molar-refractivity contribution in [2.75, 3.05) is 0 Å². The molecule has 0 radical (unpaired) electrons. The van der Waals surface area contributed by atoms with Gasteiger partial charge in [-0.05, 0) is 24.8 Å². The fourth-order valence-electron chi connectivity index (χ4n) is 3.60. The molecule has 4 unspecified atom stereocenters. The van der Waals surface area contributed by atoms with Gasteiger partial charge in [0, 0.05) is 10.8 Å². The molecule has 0 aliphatic heterocycles. The zero-order chi connectivity index (χ0) is 10.0. The van der Waals surface area contributed by atoms with Crippen LogP contribution in [0.3, 0.4) is 0 Å². The molecular weight excluding hydrogens is 160 g/mol. The number of carbonyl (C=O) groups is 1. The molecule has 0 N–H and O–H groups in total. The van der Waals surface area contributed by atoms with Gasteiger partial charge in [-0.15, -0.1) is 0 Å². The molecule has 1 fully saturated rings. The molecule has 72 valence electrons. The van der Waals surface area contributed by atoms with Gasteiger partial charge in [0.2, 0.25) is 0 Å². The Kier molecular flexibility index (Phi) is 1.43. The third kappa shape index (κ3) is 0.619. The zero-order valence-electron chi connectivity index (χ0n) is 9.14. The lowest BCUT2D eigenvalue weighted by molar-refractivity contribution is -0.163. The van der Waals surface area contributed by atoms with Crippen molar-refractivity contribution in [1.29, 1.82) is 0 Å². The van der Waals surface area contributed by atoms with Crippen LogP contribution in [0.4, 0.5) is 0 Å². The Bertz CT molecular complexity index is 315. The van der Waals surface area contributed by atoms with E-state index in [1.807, 2.05) is 6.08 Å². The molecule has 2 aliphatic rings. The van der Waals surface area contributed by atoms with Crippen molar-refractivity contribution < 1.29 is 4.79 Å². The van der Waals surface area contributed by atoms with Gasteiger partial charge in [-0.1, -0.05) is 33.3 Å². The van der Waals surface area contributed by atoms with Gasteiger partial charge in [-0.25, -0.2) is 0 Å². The highest BCUT2D eigenvalue weighted by Gasteiger charge is 2.69. The second-order valence-electron chi connectivity index (χ2n) is 5.17. The number of hydrogen-bond acceptors (Lipinski definition) is 1. The highest BCUT2D eigenvalue weighted by atomic mass is 16.1. The molecule has 1 heteroatoms. The summed E-state index contributed by atoms with van der Waals surface area (Å²) in [5.74, 6) is 1.51. The Labute approximate surface area is 80.2 Å². The van der Waals surface area contributed by atoms with Crippen LogP contribution in [0.1, 0.15) is 34.6 Å². The minimum absolute atomic E-state index is 0.101. The largest absolute Gasteiger partial charge is 0.294 e. The van der Waals surface area contributed by atoms with E-state index in [0.717, 1.165) is 0 Å². The first-order valence-corrected chi connectivity index (χ1v) is 5.10. The van der Waals surface area contributed by atoms with Gasteiger partial charge in [0.15, 0.2) is 5.78 Å². The summed E-state index contributed by atoms with van der Waals surface area (Å²) >= 11 is 0. The van der Waals surface area contributed by atoms with Crippen LogP contribution < -0.4 is 0 Å². The summed E-state index contributed by atoms with van der Waals surface area (Å²) in [6, 6.07) is 0. The van der Waals surface area contributed by atoms with Crippen LogP contribution in [-0.4, -0.2) is 5.78 Å². The van der Waals surface area contributed by atoms with Crippen LogP contribution in [0.25, 0.3) is 0 Å². The van der Waals surface area contributed by atoms with Crippen molar-refractivity contribution in [1.82, 2.24) is 0 Å². The van der Waals surface area contributed by atoms with Crippen LogP contribution in [0.15, 0.2) is 11.6 Å². The SMILES string of the molecule is CC1=CC(=O)C2(C)C(C)C(C)C12C. The zero-order valence-corrected chi connectivity index (χ0v) is 9.14. The molecule has 1 nitrogen and oxygen atoms in total. The van der Waals surface area contributed by atoms with Crippen molar-refractivity contribution in [3.63, 3.8) is 0 Å². The Hall–Kier alpha value is -0.590. The summed E-state index contributed by atoms with van der Waals surface area (Å²) in [4.78, 5) is 11.9. The van der Waals surface area contributed by atoms with Crippen LogP contribution in [-0.2, 0) is 4.79 Å². The van der Waals surface area contributed by atoms with Crippen molar-refractivity contribution >= 4 is 5.78 Å². The quantitative estimate of drug-likeness (QED) is 0.557. The molecule has 4 atom stereocenters. The van der Waals surface area contributed by atoms with Gasteiger partial charge >= 0.3 is 0 Å². The summed E-state index contributed by atoms with van der Waals surface area (Å²) in [7, 11) is 0. The average molecular weight is 178 g/mol. The van der Waals surface area contributed by atoms with E-state index in [2.05, 4.69) is 34.6 Å². The lowest BCUT2D eigenvalue weighted by Crippen LogP contribution is -2.61. The average Bonchev–Trinajstić information content (AvgIpc) is 2.26. The van der Waals surface area contributed by atoms with Crippen LogP contribution in [0.5, 0.6) is 0 Å². The summed E-state index contributed by atoms with van der Waals surface area (Å²) in [5, 5.41) is 0. The van der Waals surface area contributed by atoms with Crippen molar-refractivity contribution in [2.24, 2.45) is 22.7 Å². The monoisotopic (exact) mass is 178 g/mol. The molecule has 1 saturated carbocycles. The van der Waals surface area contributed by atoms with Gasteiger partial charge in [0.1, 0.15) is 0 Å². The molecule has 0 aromatic carbocycles. The predicted octanol–water partition coefficient (Wildman–Crippen LogP) is 2.81. The number of carbonyl (C=O) groups excluding carboxylic acids is 1. The fraction of sp³-hybridized carbons (Fsp3) is 0.750. The topological polar surface area (TPSA) is 17.1 Å². The number of allylic oxidation sites excluding steroid dienone is 2. The molecule has 0 saturated heterocycles. The van der Waals surface area contributed by atoms with Crippen molar-refractivity contribution in [3.05, 3.63) is 11.6 Å². The van der Waals surface area contributed by atoms with Gasteiger partial charge < -0.3 is 0 Å². The highest BCUT2D eigenvalue weighted by Crippen LogP contribution is 2.70. The summed E-state index contributed by atoms with van der Waals surface area (Å²) in [5.41, 5.74) is 1.32. The third-order valence-electron chi connectivity index (χ3n) is 5.33. The minimum atomic E-state index is -0.101. The number of rotatable bonds is 0. The lowest BCUT2D eigenvalue weighted by atomic mass is 9.40. The van der Waals surface area contributed by atoms with E-state index >= 15 is 0 Å². The first-order valence-electron chi connectivity index (χ1n) is 5.10. The Morgan fingerprint density at radius 2 is 1.62 bits per heavy atom. The van der Waals surface area contributed by atoms with Gasteiger partial charge in [0.05, 0.1) is 0 Å². The molecule has 0 heterocycles. The summed E-state index contributed by atoms with van der Waals surface area (Å²) in [6.45, 7) is 11.0. The molecule has 2 rings (SSSR count). The van der Waals surface area contributed by atoms with E-state index in [1.54, 1.807) is 0 Å². The Morgan fingerprint density at radius 1 is 1.15 bits per heavy atom. The normalized spacial score (nSPS) is 54.2. The van der Waals surface area contributed by atoms with E-state index in [9.17, 15) is 4.79 Å². The third-order valence-corrected chi connectivity index (χ3v) is 5.33. The standard InChI is InChI=1S/C12H18O/c1-7-6-10(13)12(5)9(3)8(2)11(7,12)4/h6,8-9H,1-5H3. The molecule has 0 amide bonds. The first kappa shape index (κ1) is 8.98. The molecular formula is C12H18O. The van der Waals surface area contributed by atoms with Crippen LogP contribution in [0, 0.1) is 22.7 Å². The second-order valence-corrected chi connectivity index (χ2v) is 5.17. The van der Waals surface area contributed by atoms with E-state index in [-0.39, 0.29) is 10.8 Å². The van der Waals surface area contributed by atoms with Crippen molar-refractivity contribution in [3.8, 4) is 0 Å². The highest BCUT2D eigenvalue weighted by molar-refractivity contribution is 6.01. The molecule has 0 bridgehead atoms. The van der Waals surface area contributed by atoms with Gasteiger partial charge in [0.25, 0.3) is 0 Å². The van der Waals surface area contributed by atoms with E-state index in [1.165, 1.54) is 5.57 Å². The van der Waals surface area contributed by atoms with Crippen LogP contribution in [0.2, 0.25) is 0 Å². The molecule has 13 heavy (non-hydrogen) atoms. The number of ketones is 1. The van der Waals surface area contributed by atoms with E-state index in [4.69, 9.17) is 0 Å². The fourth-order valence-corrected chi connectivity index (χ4v) is 3.60. The molecule has 0 spiro atoms. The number of fused-ring (bicyclic) bond motifs is 1. The minimum Gasteiger partial charge on any atom is -0.294 e. The molecule has 2 aliphatic carbocycles. The maximum Gasteiger partial charge on any atom is 0.162 e. The Morgan fingerprint density at radius 3 is 2.08 bits per heavy atom. The lowest BCUT2D eigenvalue weighted by Gasteiger charge is -2.62. The Balaban J connectivity index is 2.53. The smallest absolute Gasteiger partial charge is 0.162 e. The van der Waals surface area contributed by atoms with Crippen LogP contribution >= 0.6 is 0 Å². The van der Waals surface area contributed by atoms with Gasteiger partial charge in [-0.3, -0.25) is 4.79 Å². The van der Waals surface area contributed by atoms with E-state index in [0.29, 0.717) is 17.6 Å². The van der Waals surface area contributed by atoms with E-state index < -0.39 is 0 Å². The van der Waals surface area contributed by atoms with Gasteiger partial charge in [-0.2, -0.15) is 0 Å².